The molecule has 0 aromatic heterocycles. The second-order valence-electron chi connectivity index (χ2n) is 4.70. The summed E-state index contributed by atoms with van der Waals surface area (Å²) in [6, 6.07) is 18.2. The van der Waals surface area contributed by atoms with Crippen molar-refractivity contribution in [3.63, 3.8) is 0 Å². The van der Waals surface area contributed by atoms with Gasteiger partial charge >= 0.3 is 0 Å². The Morgan fingerprint density at radius 1 is 0.895 bits per heavy atom. The van der Waals surface area contributed by atoms with Gasteiger partial charge in [0.15, 0.2) is 0 Å². The molecule has 0 N–H and O–H groups in total. The minimum absolute atomic E-state index is 0.876. The van der Waals surface area contributed by atoms with Crippen LogP contribution in [-0.4, -0.2) is 25.0 Å². The molecule has 100 valence electrons. The third-order valence-electron chi connectivity index (χ3n) is 3.22. The maximum atomic E-state index is 5.77. The fourth-order valence-electron chi connectivity index (χ4n) is 1.83. The van der Waals surface area contributed by atoms with Crippen molar-refractivity contribution in [2.75, 3.05) is 20.1 Å². The van der Waals surface area contributed by atoms with Crippen LogP contribution in [-0.2, 0) is 6.42 Å². The van der Waals surface area contributed by atoms with Gasteiger partial charge in [-0.3, -0.25) is 0 Å². The van der Waals surface area contributed by atoms with Gasteiger partial charge in [-0.25, -0.2) is 0 Å². The SMILES string of the molecule is CCN(C)CCc1ccc(Oc2ccccc2)cc1. The Morgan fingerprint density at radius 2 is 1.53 bits per heavy atom. The molecule has 0 aliphatic heterocycles. The van der Waals surface area contributed by atoms with E-state index in [9.17, 15) is 0 Å². The van der Waals surface area contributed by atoms with Crippen molar-refractivity contribution in [3.8, 4) is 11.5 Å². The number of para-hydroxylation sites is 1. The third-order valence-corrected chi connectivity index (χ3v) is 3.22. The van der Waals surface area contributed by atoms with Gasteiger partial charge in [-0.15, -0.1) is 0 Å². The Bertz CT molecular complexity index is 478. The molecule has 0 aliphatic carbocycles. The smallest absolute Gasteiger partial charge is 0.127 e. The van der Waals surface area contributed by atoms with Crippen LogP contribution in [0.15, 0.2) is 54.6 Å². The van der Waals surface area contributed by atoms with E-state index in [4.69, 9.17) is 4.74 Å². The summed E-state index contributed by atoms with van der Waals surface area (Å²) < 4.78 is 5.77. The van der Waals surface area contributed by atoms with Crippen LogP contribution in [0, 0.1) is 0 Å². The maximum Gasteiger partial charge on any atom is 0.127 e. The van der Waals surface area contributed by atoms with E-state index in [0.29, 0.717) is 0 Å². The predicted molar refractivity (Wildman–Crippen MR) is 79.8 cm³/mol. The van der Waals surface area contributed by atoms with E-state index < -0.39 is 0 Å². The van der Waals surface area contributed by atoms with E-state index in [1.807, 2.05) is 42.5 Å². The molecule has 2 aromatic carbocycles. The first-order valence-electron chi connectivity index (χ1n) is 6.78. The van der Waals surface area contributed by atoms with Crippen molar-refractivity contribution in [3.05, 3.63) is 60.2 Å². The lowest BCUT2D eigenvalue weighted by Crippen LogP contribution is -2.20. The first kappa shape index (κ1) is 13.6. The standard InChI is InChI=1S/C17H21NO/c1-3-18(2)14-13-15-9-11-17(12-10-15)19-16-7-5-4-6-8-16/h4-12H,3,13-14H2,1-2H3. The molecule has 2 rings (SSSR count). The van der Waals surface area contributed by atoms with Gasteiger partial charge in [0, 0.05) is 6.54 Å². The Hall–Kier alpha value is -1.80. The van der Waals surface area contributed by atoms with Gasteiger partial charge in [0.2, 0.25) is 0 Å². The number of benzene rings is 2. The quantitative estimate of drug-likeness (QED) is 0.774. The number of rotatable bonds is 6. The highest BCUT2D eigenvalue weighted by molar-refractivity contribution is 5.33. The summed E-state index contributed by atoms with van der Waals surface area (Å²) in [7, 11) is 2.15. The molecule has 0 saturated carbocycles. The molecular formula is C17H21NO. The average molecular weight is 255 g/mol. The molecule has 2 heteroatoms. The third kappa shape index (κ3) is 4.42. The molecule has 0 unspecified atom stereocenters. The monoisotopic (exact) mass is 255 g/mol. The summed E-state index contributed by atoms with van der Waals surface area (Å²) >= 11 is 0. The minimum atomic E-state index is 0.876. The molecule has 0 spiro atoms. The van der Waals surface area contributed by atoms with Crippen LogP contribution >= 0.6 is 0 Å². The topological polar surface area (TPSA) is 12.5 Å². The zero-order valence-electron chi connectivity index (χ0n) is 11.7. The Labute approximate surface area is 115 Å². The summed E-state index contributed by atoms with van der Waals surface area (Å²) in [6.07, 6.45) is 1.08. The minimum Gasteiger partial charge on any atom is -0.457 e. The van der Waals surface area contributed by atoms with E-state index in [0.717, 1.165) is 31.0 Å². The molecule has 2 aromatic rings. The number of ether oxygens (including phenoxy) is 1. The van der Waals surface area contributed by atoms with Crippen LogP contribution in [0.25, 0.3) is 0 Å². The summed E-state index contributed by atoms with van der Waals surface area (Å²) in [5, 5.41) is 0. The molecule has 0 radical (unpaired) electrons. The van der Waals surface area contributed by atoms with Crippen LogP contribution in [0.1, 0.15) is 12.5 Å². The van der Waals surface area contributed by atoms with E-state index >= 15 is 0 Å². The molecule has 0 fully saturated rings. The molecular weight excluding hydrogens is 234 g/mol. The molecule has 0 amide bonds. The van der Waals surface area contributed by atoms with Gasteiger partial charge < -0.3 is 9.64 Å². The lowest BCUT2D eigenvalue weighted by atomic mass is 10.1. The second-order valence-corrected chi connectivity index (χ2v) is 4.70. The fourth-order valence-corrected chi connectivity index (χ4v) is 1.83. The Morgan fingerprint density at radius 3 is 2.16 bits per heavy atom. The zero-order chi connectivity index (χ0) is 13.5. The van der Waals surface area contributed by atoms with Gasteiger partial charge in [-0.05, 0) is 49.8 Å². The lowest BCUT2D eigenvalue weighted by Gasteiger charge is -2.13. The highest BCUT2D eigenvalue weighted by atomic mass is 16.5. The van der Waals surface area contributed by atoms with E-state index in [1.165, 1.54) is 5.56 Å². The largest absolute Gasteiger partial charge is 0.457 e. The normalized spacial score (nSPS) is 10.7. The van der Waals surface area contributed by atoms with Gasteiger partial charge in [0.1, 0.15) is 11.5 Å². The fraction of sp³-hybridized carbons (Fsp3) is 0.294. The second kappa shape index (κ2) is 6.95. The molecule has 0 heterocycles. The molecule has 19 heavy (non-hydrogen) atoms. The van der Waals surface area contributed by atoms with Crippen molar-refractivity contribution in [2.45, 2.75) is 13.3 Å². The summed E-state index contributed by atoms with van der Waals surface area (Å²) in [5.74, 6) is 1.76. The van der Waals surface area contributed by atoms with Gasteiger partial charge in [0.05, 0.1) is 0 Å². The number of likely N-dealkylation sites (N-methyl/N-ethyl adjacent to an activating group) is 1. The molecule has 0 saturated heterocycles. The van der Waals surface area contributed by atoms with Crippen LogP contribution in [0.4, 0.5) is 0 Å². The van der Waals surface area contributed by atoms with Crippen molar-refractivity contribution >= 4 is 0 Å². The van der Waals surface area contributed by atoms with Crippen LogP contribution in [0.2, 0.25) is 0 Å². The van der Waals surface area contributed by atoms with Gasteiger partial charge in [0.25, 0.3) is 0 Å². The van der Waals surface area contributed by atoms with Crippen LogP contribution in [0.5, 0.6) is 11.5 Å². The maximum absolute atomic E-state index is 5.77. The summed E-state index contributed by atoms with van der Waals surface area (Å²) in [5.41, 5.74) is 1.35. The molecule has 0 atom stereocenters. The van der Waals surface area contributed by atoms with Crippen molar-refractivity contribution in [1.29, 1.82) is 0 Å². The number of hydrogen-bond acceptors (Lipinski definition) is 2. The summed E-state index contributed by atoms with van der Waals surface area (Å²) in [4.78, 5) is 2.31. The van der Waals surface area contributed by atoms with Crippen molar-refractivity contribution in [1.82, 2.24) is 4.90 Å². The zero-order valence-corrected chi connectivity index (χ0v) is 11.7. The van der Waals surface area contributed by atoms with E-state index in [-0.39, 0.29) is 0 Å². The van der Waals surface area contributed by atoms with Gasteiger partial charge in [-0.1, -0.05) is 37.3 Å². The number of hydrogen-bond donors (Lipinski definition) is 0. The highest BCUT2D eigenvalue weighted by Gasteiger charge is 1.99. The molecule has 2 nitrogen and oxygen atoms in total. The van der Waals surface area contributed by atoms with Crippen molar-refractivity contribution < 1.29 is 4.74 Å². The summed E-state index contributed by atoms with van der Waals surface area (Å²) in [6.45, 7) is 4.36. The highest BCUT2D eigenvalue weighted by Crippen LogP contribution is 2.21. The molecule has 0 bridgehead atoms. The first-order chi connectivity index (χ1) is 9.28. The predicted octanol–water partition coefficient (Wildman–Crippen LogP) is 3.97. The van der Waals surface area contributed by atoms with E-state index in [2.05, 4.69) is 31.0 Å². The molecule has 0 aliphatic rings. The van der Waals surface area contributed by atoms with E-state index in [1.54, 1.807) is 0 Å². The van der Waals surface area contributed by atoms with Crippen LogP contribution in [0.3, 0.4) is 0 Å². The number of nitrogens with zero attached hydrogens (tertiary/aromatic N) is 1. The Balaban J connectivity index is 1.91. The Kier molecular flexibility index (Phi) is 4.99. The van der Waals surface area contributed by atoms with Crippen molar-refractivity contribution in [2.24, 2.45) is 0 Å². The van der Waals surface area contributed by atoms with Crippen LogP contribution < -0.4 is 4.74 Å². The average Bonchev–Trinajstić information content (AvgIpc) is 2.47. The first-order valence-corrected chi connectivity index (χ1v) is 6.78. The van der Waals surface area contributed by atoms with Gasteiger partial charge in [-0.2, -0.15) is 0 Å². The lowest BCUT2D eigenvalue weighted by molar-refractivity contribution is 0.357.